The molecule has 3 aromatic rings. The Morgan fingerprint density at radius 1 is 1.00 bits per heavy atom. The molecule has 2 N–H and O–H groups in total. The van der Waals surface area contributed by atoms with Crippen molar-refractivity contribution in [1.29, 1.82) is 0 Å². The van der Waals surface area contributed by atoms with Crippen LogP contribution in [0.3, 0.4) is 0 Å². The molecule has 8 nitrogen and oxygen atoms in total. The number of carbonyl (C=O) groups is 2. The predicted octanol–water partition coefficient (Wildman–Crippen LogP) is 4.00. The molecule has 9 heteroatoms. The van der Waals surface area contributed by atoms with Gasteiger partial charge in [-0.15, -0.1) is 11.3 Å². The fourth-order valence-electron chi connectivity index (χ4n) is 2.85. The van der Waals surface area contributed by atoms with Gasteiger partial charge in [-0.25, -0.2) is 4.98 Å². The third-order valence-electron chi connectivity index (χ3n) is 4.30. The molecule has 0 bridgehead atoms. The van der Waals surface area contributed by atoms with E-state index in [1.165, 1.54) is 38.7 Å². The maximum Gasteiger partial charge on any atom is 0.250 e. The first kappa shape index (κ1) is 22.8. The molecule has 0 aliphatic heterocycles. The van der Waals surface area contributed by atoms with Crippen LogP contribution >= 0.6 is 11.3 Å². The highest BCUT2D eigenvalue weighted by Crippen LogP contribution is 2.39. The van der Waals surface area contributed by atoms with Gasteiger partial charge in [-0.3, -0.25) is 14.9 Å². The van der Waals surface area contributed by atoms with E-state index in [1.807, 2.05) is 30.3 Å². The molecule has 0 saturated heterocycles. The van der Waals surface area contributed by atoms with Gasteiger partial charge in [0.2, 0.25) is 17.6 Å². The van der Waals surface area contributed by atoms with Gasteiger partial charge in [0.05, 0.1) is 33.4 Å². The molecule has 166 valence electrons. The second-order valence-electron chi connectivity index (χ2n) is 6.52. The van der Waals surface area contributed by atoms with E-state index in [4.69, 9.17) is 14.2 Å². The van der Waals surface area contributed by atoms with Crippen LogP contribution in [-0.4, -0.2) is 38.1 Å². The summed E-state index contributed by atoms with van der Waals surface area (Å²) < 4.78 is 15.9. The largest absolute Gasteiger partial charge is 0.493 e. The number of methoxy groups -OCH3 is 3. The summed E-state index contributed by atoms with van der Waals surface area (Å²) in [5, 5.41) is 7.64. The fraction of sp³-hybridized carbons (Fsp3) is 0.174. The SMILES string of the molecule is COc1cc(NC(=O)Cc2csc(NC(=O)C=Cc3ccccc3)n2)cc(OC)c1OC. The number of thiazole rings is 1. The Labute approximate surface area is 189 Å². The number of hydrogen-bond donors (Lipinski definition) is 2. The van der Waals surface area contributed by atoms with Gasteiger partial charge < -0.3 is 19.5 Å². The van der Waals surface area contributed by atoms with Crippen molar-refractivity contribution in [2.45, 2.75) is 6.42 Å². The molecule has 3 rings (SSSR count). The van der Waals surface area contributed by atoms with Crippen LogP contribution in [0.15, 0.2) is 53.9 Å². The van der Waals surface area contributed by atoms with Crippen LogP contribution in [0.2, 0.25) is 0 Å². The summed E-state index contributed by atoms with van der Waals surface area (Å²) in [5.41, 5.74) is 1.97. The molecule has 0 spiro atoms. The third-order valence-corrected chi connectivity index (χ3v) is 5.11. The number of aromatic nitrogens is 1. The summed E-state index contributed by atoms with van der Waals surface area (Å²) in [6.45, 7) is 0. The molecule has 1 aromatic heterocycles. The molecular formula is C23H23N3O5S. The Morgan fingerprint density at radius 3 is 2.31 bits per heavy atom. The van der Waals surface area contributed by atoms with E-state index in [9.17, 15) is 9.59 Å². The normalized spacial score (nSPS) is 10.6. The number of ether oxygens (including phenoxy) is 3. The van der Waals surface area contributed by atoms with Crippen molar-refractivity contribution in [1.82, 2.24) is 4.98 Å². The second-order valence-corrected chi connectivity index (χ2v) is 7.37. The highest BCUT2D eigenvalue weighted by molar-refractivity contribution is 7.14. The van der Waals surface area contributed by atoms with E-state index >= 15 is 0 Å². The first-order chi connectivity index (χ1) is 15.5. The first-order valence-corrected chi connectivity index (χ1v) is 10.5. The van der Waals surface area contributed by atoms with Crippen molar-refractivity contribution in [3.8, 4) is 17.2 Å². The number of nitrogens with zero attached hydrogens (tertiary/aromatic N) is 1. The minimum absolute atomic E-state index is 0.0445. The monoisotopic (exact) mass is 453 g/mol. The minimum atomic E-state index is -0.295. The van der Waals surface area contributed by atoms with Gasteiger partial charge in [0.15, 0.2) is 16.6 Å². The van der Waals surface area contributed by atoms with E-state index in [2.05, 4.69) is 15.6 Å². The smallest absolute Gasteiger partial charge is 0.250 e. The quantitative estimate of drug-likeness (QED) is 0.475. The molecule has 2 amide bonds. The summed E-state index contributed by atoms with van der Waals surface area (Å²) in [7, 11) is 4.51. The van der Waals surface area contributed by atoms with Crippen LogP contribution < -0.4 is 24.8 Å². The lowest BCUT2D eigenvalue weighted by Gasteiger charge is -2.14. The van der Waals surface area contributed by atoms with E-state index in [0.29, 0.717) is 33.8 Å². The Bertz CT molecular complexity index is 1090. The summed E-state index contributed by atoms with van der Waals surface area (Å²) in [6.07, 6.45) is 3.20. The Balaban J connectivity index is 1.59. The zero-order chi connectivity index (χ0) is 22.9. The Hall–Kier alpha value is -3.85. The van der Waals surface area contributed by atoms with Crippen molar-refractivity contribution in [2.24, 2.45) is 0 Å². The molecule has 0 radical (unpaired) electrons. The molecule has 1 heterocycles. The summed E-state index contributed by atoms with van der Waals surface area (Å²) in [4.78, 5) is 28.9. The molecule has 0 atom stereocenters. The molecule has 32 heavy (non-hydrogen) atoms. The predicted molar refractivity (Wildman–Crippen MR) is 125 cm³/mol. The Kier molecular flexibility index (Phi) is 7.82. The van der Waals surface area contributed by atoms with Crippen molar-refractivity contribution in [3.05, 3.63) is 65.2 Å². The van der Waals surface area contributed by atoms with E-state index in [-0.39, 0.29) is 18.2 Å². The van der Waals surface area contributed by atoms with Gasteiger partial charge in [-0.1, -0.05) is 30.3 Å². The average molecular weight is 454 g/mol. The molecule has 0 unspecified atom stereocenters. The van der Waals surface area contributed by atoms with Crippen molar-refractivity contribution in [3.63, 3.8) is 0 Å². The zero-order valence-corrected chi connectivity index (χ0v) is 18.7. The van der Waals surface area contributed by atoms with Gasteiger partial charge in [0.1, 0.15) is 0 Å². The average Bonchev–Trinajstić information content (AvgIpc) is 3.23. The number of benzene rings is 2. The summed E-state index contributed by atoms with van der Waals surface area (Å²) in [5.74, 6) is 0.742. The minimum Gasteiger partial charge on any atom is -0.493 e. The van der Waals surface area contributed by atoms with Crippen LogP contribution in [-0.2, 0) is 16.0 Å². The molecule has 2 aromatic carbocycles. The highest BCUT2D eigenvalue weighted by atomic mass is 32.1. The lowest BCUT2D eigenvalue weighted by molar-refractivity contribution is -0.115. The lowest BCUT2D eigenvalue weighted by Crippen LogP contribution is -2.15. The second kappa shape index (κ2) is 11.0. The molecule has 0 fully saturated rings. The summed E-state index contributed by atoms with van der Waals surface area (Å²) >= 11 is 1.25. The number of amides is 2. The molecule has 0 saturated carbocycles. The van der Waals surface area contributed by atoms with Crippen LogP contribution in [0.4, 0.5) is 10.8 Å². The number of nitrogens with one attached hydrogen (secondary N) is 2. The van der Waals surface area contributed by atoms with Crippen LogP contribution in [0, 0.1) is 0 Å². The van der Waals surface area contributed by atoms with E-state index in [0.717, 1.165) is 5.56 Å². The van der Waals surface area contributed by atoms with Gasteiger partial charge in [0, 0.05) is 29.3 Å². The van der Waals surface area contributed by atoms with Crippen molar-refractivity contribution in [2.75, 3.05) is 32.0 Å². The molecule has 0 aliphatic rings. The molecule has 0 aliphatic carbocycles. The number of rotatable bonds is 9. The van der Waals surface area contributed by atoms with E-state index in [1.54, 1.807) is 23.6 Å². The molecular weight excluding hydrogens is 430 g/mol. The van der Waals surface area contributed by atoms with Crippen LogP contribution in [0.5, 0.6) is 17.2 Å². The van der Waals surface area contributed by atoms with E-state index < -0.39 is 0 Å². The van der Waals surface area contributed by atoms with Gasteiger partial charge in [-0.05, 0) is 11.6 Å². The maximum atomic E-state index is 12.5. The van der Waals surface area contributed by atoms with Gasteiger partial charge >= 0.3 is 0 Å². The number of hydrogen-bond acceptors (Lipinski definition) is 7. The fourth-order valence-corrected chi connectivity index (χ4v) is 3.56. The van der Waals surface area contributed by atoms with Crippen molar-refractivity contribution >= 4 is 40.0 Å². The lowest BCUT2D eigenvalue weighted by atomic mass is 10.2. The van der Waals surface area contributed by atoms with Gasteiger partial charge in [-0.2, -0.15) is 0 Å². The highest BCUT2D eigenvalue weighted by Gasteiger charge is 2.15. The van der Waals surface area contributed by atoms with Gasteiger partial charge in [0.25, 0.3) is 0 Å². The first-order valence-electron chi connectivity index (χ1n) is 9.60. The zero-order valence-electron chi connectivity index (χ0n) is 17.9. The number of carbonyl (C=O) groups excluding carboxylic acids is 2. The maximum absolute atomic E-state index is 12.5. The topological polar surface area (TPSA) is 98.8 Å². The van der Waals surface area contributed by atoms with Crippen LogP contribution in [0.1, 0.15) is 11.3 Å². The Morgan fingerprint density at radius 2 is 1.69 bits per heavy atom. The standard InChI is InChI=1S/C23H23N3O5S/c1-29-18-11-16(12-19(30-2)22(18)31-3)24-21(28)13-17-14-32-23(25-17)26-20(27)10-9-15-7-5-4-6-8-15/h4-12,14H,13H2,1-3H3,(H,24,28)(H,25,26,27). The van der Waals surface area contributed by atoms with Crippen LogP contribution in [0.25, 0.3) is 6.08 Å². The summed E-state index contributed by atoms with van der Waals surface area (Å²) in [6, 6.07) is 12.8. The third kappa shape index (κ3) is 6.08. The van der Waals surface area contributed by atoms with Crippen molar-refractivity contribution < 1.29 is 23.8 Å². The number of anilines is 2.